The summed E-state index contributed by atoms with van der Waals surface area (Å²) in [7, 11) is 0. The lowest BCUT2D eigenvalue weighted by atomic mass is 10.2. The second kappa shape index (κ2) is 6.56. The molecule has 0 spiro atoms. The van der Waals surface area contributed by atoms with E-state index in [1.54, 1.807) is 0 Å². The SMILES string of the molecule is O=C(Nc1ccccc1C(=O)O)Oc1ccc(F)c(C(=O)O)c1. The van der Waals surface area contributed by atoms with Crippen LogP contribution in [0.15, 0.2) is 42.5 Å². The van der Waals surface area contributed by atoms with Crippen molar-refractivity contribution in [3.05, 3.63) is 59.4 Å². The van der Waals surface area contributed by atoms with Gasteiger partial charge in [-0.25, -0.2) is 18.8 Å². The highest BCUT2D eigenvalue weighted by Gasteiger charge is 2.15. The summed E-state index contributed by atoms with van der Waals surface area (Å²) in [5, 5.41) is 20.0. The maximum Gasteiger partial charge on any atom is 0.417 e. The molecule has 0 bridgehead atoms. The van der Waals surface area contributed by atoms with Crippen LogP contribution in [0.4, 0.5) is 14.9 Å². The number of ether oxygens (including phenoxy) is 1. The van der Waals surface area contributed by atoms with Gasteiger partial charge in [0.05, 0.1) is 16.8 Å². The average Bonchev–Trinajstić information content (AvgIpc) is 2.49. The van der Waals surface area contributed by atoms with Gasteiger partial charge < -0.3 is 14.9 Å². The van der Waals surface area contributed by atoms with Crippen LogP contribution in [0.2, 0.25) is 0 Å². The third-order valence-electron chi connectivity index (χ3n) is 2.77. The Hall–Kier alpha value is -3.42. The molecule has 2 aromatic carbocycles. The van der Waals surface area contributed by atoms with E-state index in [1.165, 1.54) is 24.3 Å². The van der Waals surface area contributed by atoms with Crippen LogP contribution >= 0.6 is 0 Å². The van der Waals surface area contributed by atoms with Gasteiger partial charge >= 0.3 is 18.0 Å². The maximum absolute atomic E-state index is 13.2. The first-order chi connectivity index (χ1) is 10.9. The van der Waals surface area contributed by atoms with E-state index >= 15 is 0 Å². The lowest BCUT2D eigenvalue weighted by Gasteiger charge is -2.09. The van der Waals surface area contributed by atoms with Gasteiger partial charge in [-0.15, -0.1) is 0 Å². The first-order valence-corrected chi connectivity index (χ1v) is 6.22. The van der Waals surface area contributed by atoms with Crippen LogP contribution < -0.4 is 10.1 Å². The quantitative estimate of drug-likeness (QED) is 0.798. The Bertz CT molecular complexity index is 789. The lowest BCUT2D eigenvalue weighted by molar-refractivity contribution is 0.0683. The summed E-state index contributed by atoms with van der Waals surface area (Å²) >= 11 is 0. The van der Waals surface area contributed by atoms with Gasteiger partial charge in [-0.1, -0.05) is 12.1 Å². The van der Waals surface area contributed by atoms with E-state index in [0.29, 0.717) is 0 Å². The number of carboxylic acid groups (broad SMARTS) is 2. The third-order valence-corrected chi connectivity index (χ3v) is 2.77. The van der Waals surface area contributed by atoms with E-state index in [9.17, 15) is 18.8 Å². The summed E-state index contributed by atoms with van der Waals surface area (Å²) in [5.74, 6) is -3.92. The third kappa shape index (κ3) is 3.82. The number of nitrogens with one attached hydrogen (secondary N) is 1. The highest BCUT2D eigenvalue weighted by molar-refractivity contribution is 5.99. The second-order valence-electron chi connectivity index (χ2n) is 4.31. The number of carbonyl (C=O) groups excluding carboxylic acids is 1. The average molecular weight is 319 g/mol. The zero-order chi connectivity index (χ0) is 17.0. The van der Waals surface area contributed by atoms with Crippen molar-refractivity contribution in [2.75, 3.05) is 5.32 Å². The van der Waals surface area contributed by atoms with Gasteiger partial charge in [0.25, 0.3) is 0 Å². The van der Waals surface area contributed by atoms with Crippen LogP contribution in [-0.4, -0.2) is 28.2 Å². The van der Waals surface area contributed by atoms with Gasteiger partial charge in [0, 0.05) is 0 Å². The normalized spacial score (nSPS) is 9.96. The van der Waals surface area contributed by atoms with Crippen molar-refractivity contribution in [3.8, 4) is 5.75 Å². The molecular weight excluding hydrogens is 309 g/mol. The van der Waals surface area contributed by atoms with Crippen molar-refractivity contribution in [1.29, 1.82) is 0 Å². The molecule has 0 heterocycles. The predicted molar refractivity (Wildman–Crippen MR) is 76.4 cm³/mol. The van der Waals surface area contributed by atoms with Crippen molar-refractivity contribution in [1.82, 2.24) is 0 Å². The Kier molecular flexibility index (Phi) is 4.55. The first-order valence-electron chi connectivity index (χ1n) is 6.22. The zero-order valence-electron chi connectivity index (χ0n) is 11.4. The molecule has 2 aromatic rings. The Labute approximate surface area is 128 Å². The fourth-order valence-electron chi connectivity index (χ4n) is 1.75. The first kappa shape index (κ1) is 16.0. The van der Waals surface area contributed by atoms with E-state index in [1.807, 2.05) is 0 Å². The summed E-state index contributed by atoms with van der Waals surface area (Å²) < 4.78 is 18.1. The molecule has 118 valence electrons. The number of carbonyl (C=O) groups is 3. The van der Waals surface area contributed by atoms with Crippen LogP contribution in [0.1, 0.15) is 20.7 Å². The van der Waals surface area contributed by atoms with Crippen molar-refractivity contribution in [2.45, 2.75) is 0 Å². The largest absolute Gasteiger partial charge is 0.478 e. The number of rotatable bonds is 4. The Morgan fingerprint density at radius 3 is 2.26 bits per heavy atom. The van der Waals surface area contributed by atoms with Crippen LogP contribution in [0, 0.1) is 5.82 Å². The summed E-state index contributed by atoms with van der Waals surface area (Å²) in [6.07, 6.45) is -1.04. The molecule has 0 aromatic heterocycles. The van der Waals surface area contributed by atoms with Crippen molar-refractivity contribution >= 4 is 23.7 Å². The molecule has 7 nitrogen and oxygen atoms in total. The molecule has 3 N–H and O–H groups in total. The van der Waals surface area contributed by atoms with Gasteiger partial charge in [0.15, 0.2) is 0 Å². The number of hydrogen-bond acceptors (Lipinski definition) is 4. The highest BCUT2D eigenvalue weighted by atomic mass is 19.1. The number of amides is 1. The highest BCUT2D eigenvalue weighted by Crippen LogP contribution is 2.19. The maximum atomic E-state index is 13.2. The Balaban J connectivity index is 2.16. The fourth-order valence-corrected chi connectivity index (χ4v) is 1.75. The fraction of sp³-hybridized carbons (Fsp3) is 0. The van der Waals surface area contributed by atoms with E-state index in [4.69, 9.17) is 14.9 Å². The molecule has 0 aliphatic heterocycles. The van der Waals surface area contributed by atoms with Crippen molar-refractivity contribution < 1.29 is 33.7 Å². The molecule has 1 amide bonds. The molecule has 8 heteroatoms. The summed E-state index contributed by atoms with van der Waals surface area (Å²) in [6, 6.07) is 8.42. The van der Waals surface area contributed by atoms with Gasteiger partial charge in [-0.3, -0.25) is 5.32 Å². The summed E-state index contributed by atoms with van der Waals surface area (Å²) in [6.45, 7) is 0. The molecule has 0 unspecified atom stereocenters. The van der Waals surface area contributed by atoms with Gasteiger partial charge in [0.1, 0.15) is 11.6 Å². The molecule has 2 rings (SSSR count). The van der Waals surface area contributed by atoms with E-state index in [-0.39, 0.29) is 17.0 Å². The monoisotopic (exact) mass is 319 g/mol. The molecule has 0 atom stereocenters. The molecule has 0 aliphatic carbocycles. The van der Waals surface area contributed by atoms with Crippen molar-refractivity contribution in [2.24, 2.45) is 0 Å². The topological polar surface area (TPSA) is 113 Å². The van der Waals surface area contributed by atoms with Crippen LogP contribution in [0.5, 0.6) is 5.75 Å². The predicted octanol–water partition coefficient (Wildman–Crippen LogP) is 2.83. The molecule has 0 saturated carbocycles. The molecular formula is C15H10FNO6. The second-order valence-corrected chi connectivity index (χ2v) is 4.31. The van der Waals surface area contributed by atoms with Gasteiger partial charge in [0.2, 0.25) is 0 Å². The van der Waals surface area contributed by atoms with Crippen LogP contribution in [0.3, 0.4) is 0 Å². The van der Waals surface area contributed by atoms with Crippen LogP contribution in [0.25, 0.3) is 0 Å². The minimum Gasteiger partial charge on any atom is -0.478 e. The zero-order valence-corrected chi connectivity index (χ0v) is 11.4. The molecule has 23 heavy (non-hydrogen) atoms. The molecule has 0 fully saturated rings. The Morgan fingerprint density at radius 2 is 1.61 bits per heavy atom. The van der Waals surface area contributed by atoms with E-state index in [2.05, 4.69) is 5.32 Å². The number of benzene rings is 2. The lowest BCUT2D eigenvalue weighted by Crippen LogP contribution is -2.19. The number of para-hydroxylation sites is 1. The number of anilines is 1. The minimum absolute atomic E-state index is 0.00516. The number of hydrogen-bond donors (Lipinski definition) is 3. The summed E-state index contributed by atoms with van der Waals surface area (Å²) in [5.41, 5.74) is -0.790. The molecule has 0 aliphatic rings. The van der Waals surface area contributed by atoms with E-state index in [0.717, 1.165) is 18.2 Å². The van der Waals surface area contributed by atoms with Crippen LogP contribution in [-0.2, 0) is 0 Å². The standard InChI is InChI=1S/C15H10FNO6/c16-11-6-5-8(7-10(11)14(20)21)23-15(22)17-12-4-2-1-3-9(12)13(18)19/h1-7H,(H,17,22)(H,18,19)(H,20,21). The molecule has 0 radical (unpaired) electrons. The molecule has 0 saturated heterocycles. The van der Waals surface area contributed by atoms with E-state index < -0.39 is 29.4 Å². The summed E-state index contributed by atoms with van der Waals surface area (Å²) in [4.78, 5) is 33.6. The number of halogens is 1. The number of carboxylic acids is 2. The minimum atomic E-state index is -1.51. The van der Waals surface area contributed by atoms with Crippen molar-refractivity contribution in [3.63, 3.8) is 0 Å². The Morgan fingerprint density at radius 1 is 0.957 bits per heavy atom. The number of aromatic carboxylic acids is 2. The van der Waals surface area contributed by atoms with Gasteiger partial charge in [-0.2, -0.15) is 0 Å². The smallest absolute Gasteiger partial charge is 0.417 e. The van der Waals surface area contributed by atoms with Gasteiger partial charge in [-0.05, 0) is 30.3 Å².